The summed E-state index contributed by atoms with van der Waals surface area (Å²) in [5.41, 5.74) is 0.669. The molecular weight excluding hydrogens is 348 g/mol. The van der Waals surface area contributed by atoms with Crippen molar-refractivity contribution in [3.8, 4) is 0 Å². The van der Waals surface area contributed by atoms with Crippen molar-refractivity contribution < 1.29 is 14.6 Å². The van der Waals surface area contributed by atoms with Crippen LogP contribution < -0.4 is 0 Å². The third-order valence-corrected chi connectivity index (χ3v) is 9.86. The molecule has 0 radical (unpaired) electrons. The zero-order valence-electron chi connectivity index (χ0n) is 18.3. The summed E-state index contributed by atoms with van der Waals surface area (Å²) in [6, 6.07) is 0. The Morgan fingerprint density at radius 1 is 1.21 bits per heavy atom. The Morgan fingerprint density at radius 3 is 2.75 bits per heavy atom. The predicted octanol–water partition coefficient (Wildman–Crippen LogP) is 5.37. The minimum atomic E-state index is -0.0727. The highest BCUT2D eigenvalue weighted by Gasteiger charge is 2.58. The molecule has 0 unspecified atom stereocenters. The van der Waals surface area contributed by atoms with E-state index >= 15 is 0 Å². The molecule has 9 atom stereocenters. The zero-order chi connectivity index (χ0) is 20.1. The minimum Gasteiger partial charge on any atom is -0.469 e. The van der Waals surface area contributed by atoms with Gasteiger partial charge in [0.25, 0.3) is 0 Å². The summed E-state index contributed by atoms with van der Waals surface area (Å²) in [7, 11) is 1.49. The van der Waals surface area contributed by atoms with Gasteiger partial charge in [0.15, 0.2) is 0 Å². The first-order valence-electron chi connectivity index (χ1n) is 11.7. The van der Waals surface area contributed by atoms with Gasteiger partial charge in [-0.1, -0.05) is 32.9 Å². The van der Waals surface area contributed by atoms with Gasteiger partial charge in [0, 0.05) is 6.42 Å². The number of fused-ring (bicyclic) bond motifs is 5. The Labute approximate surface area is 171 Å². The van der Waals surface area contributed by atoms with Crippen LogP contribution in [0.3, 0.4) is 0 Å². The SMILES string of the molecule is COC(=O)CC[C@H](C)[C@@H]1CC[C@@H]2[C@@H]3CC[C@@H]4C[C@H](O)CC[C@]4(C)[C@H]3C=C[C@@]21C. The summed E-state index contributed by atoms with van der Waals surface area (Å²) in [4.78, 5) is 11.6. The van der Waals surface area contributed by atoms with Crippen LogP contribution in [0, 0.1) is 46.3 Å². The van der Waals surface area contributed by atoms with Crippen molar-refractivity contribution in [3.05, 3.63) is 12.2 Å². The zero-order valence-corrected chi connectivity index (χ0v) is 18.3. The number of aliphatic hydroxyl groups excluding tert-OH is 1. The van der Waals surface area contributed by atoms with Crippen molar-refractivity contribution in [1.82, 2.24) is 0 Å². The third-order valence-electron chi connectivity index (χ3n) is 9.86. The van der Waals surface area contributed by atoms with E-state index in [1.165, 1.54) is 39.2 Å². The third kappa shape index (κ3) is 3.16. The molecule has 0 bridgehead atoms. The molecule has 0 aromatic carbocycles. The Bertz CT molecular complexity index is 627. The van der Waals surface area contributed by atoms with Gasteiger partial charge in [0.05, 0.1) is 13.2 Å². The molecule has 0 amide bonds. The van der Waals surface area contributed by atoms with E-state index in [-0.39, 0.29) is 17.5 Å². The molecule has 28 heavy (non-hydrogen) atoms. The number of hydrogen-bond acceptors (Lipinski definition) is 3. The lowest BCUT2D eigenvalue weighted by Crippen LogP contribution is -2.52. The molecule has 0 aromatic rings. The summed E-state index contributed by atoms with van der Waals surface area (Å²) in [5, 5.41) is 10.2. The van der Waals surface area contributed by atoms with E-state index in [1.807, 2.05) is 0 Å². The fourth-order valence-corrected chi connectivity index (χ4v) is 8.20. The summed E-state index contributed by atoms with van der Waals surface area (Å²) in [6.07, 6.45) is 15.1. The average molecular weight is 389 g/mol. The number of carbonyl (C=O) groups excluding carboxylic acids is 1. The lowest BCUT2D eigenvalue weighted by Gasteiger charge is -2.58. The van der Waals surface area contributed by atoms with Crippen LogP contribution in [-0.2, 0) is 9.53 Å². The quantitative estimate of drug-likeness (QED) is 0.520. The normalized spacial score (nSPS) is 48.3. The van der Waals surface area contributed by atoms with E-state index in [9.17, 15) is 9.90 Å². The maximum atomic E-state index is 11.6. The molecule has 158 valence electrons. The highest BCUT2D eigenvalue weighted by Crippen LogP contribution is 2.66. The molecule has 0 heterocycles. The van der Waals surface area contributed by atoms with Gasteiger partial charge in [0.2, 0.25) is 0 Å². The molecule has 4 rings (SSSR count). The molecule has 3 saturated carbocycles. The number of ether oxygens (including phenoxy) is 1. The number of esters is 1. The predicted molar refractivity (Wildman–Crippen MR) is 112 cm³/mol. The Hall–Kier alpha value is -0.830. The van der Waals surface area contributed by atoms with Gasteiger partial charge >= 0.3 is 5.97 Å². The monoisotopic (exact) mass is 388 g/mol. The van der Waals surface area contributed by atoms with Crippen molar-refractivity contribution in [1.29, 1.82) is 0 Å². The van der Waals surface area contributed by atoms with E-state index in [4.69, 9.17) is 4.74 Å². The van der Waals surface area contributed by atoms with Crippen LogP contribution in [-0.4, -0.2) is 24.3 Å². The second-order valence-corrected chi connectivity index (χ2v) is 11.0. The lowest BCUT2D eigenvalue weighted by atomic mass is 9.46. The molecule has 0 saturated heterocycles. The number of methoxy groups -OCH3 is 1. The van der Waals surface area contributed by atoms with Gasteiger partial charge in [-0.3, -0.25) is 4.79 Å². The second kappa shape index (κ2) is 7.45. The van der Waals surface area contributed by atoms with Crippen LogP contribution in [0.1, 0.15) is 78.6 Å². The summed E-state index contributed by atoms with van der Waals surface area (Å²) in [6.45, 7) is 7.39. The Kier molecular flexibility index (Phi) is 5.44. The fourth-order valence-electron chi connectivity index (χ4n) is 8.20. The minimum absolute atomic E-state index is 0.0704. The summed E-state index contributed by atoms with van der Waals surface area (Å²) >= 11 is 0. The van der Waals surface area contributed by atoms with E-state index in [2.05, 4.69) is 32.9 Å². The van der Waals surface area contributed by atoms with E-state index in [0.29, 0.717) is 35.5 Å². The van der Waals surface area contributed by atoms with Crippen LogP contribution in [0.15, 0.2) is 12.2 Å². The van der Waals surface area contributed by atoms with Crippen molar-refractivity contribution in [2.75, 3.05) is 7.11 Å². The molecule has 1 N–H and O–H groups in total. The van der Waals surface area contributed by atoms with E-state index < -0.39 is 0 Å². The molecule has 3 nitrogen and oxygen atoms in total. The van der Waals surface area contributed by atoms with Gasteiger partial charge < -0.3 is 9.84 Å². The highest BCUT2D eigenvalue weighted by molar-refractivity contribution is 5.69. The van der Waals surface area contributed by atoms with Crippen LogP contribution in [0.25, 0.3) is 0 Å². The second-order valence-electron chi connectivity index (χ2n) is 11.0. The first kappa shape index (κ1) is 20.4. The topological polar surface area (TPSA) is 46.5 Å². The maximum Gasteiger partial charge on any atom is 0.305 e. The largest absolute Gasteiger partial charge is 0.469 e. The fraction of sp³-hybridized carbons (Fsp3) is 0.880. The molecule has 3 fully saturated rings. The van der Waals surface area contributed by atoms with Crippen molar-refractivity contribution in [2.24, 2.45) is 46.3 Å². The molecule has 4 aliphatic carbocycles. The van der Waals surface area contributed by atoms with Crippen molar-refractivity contribution in [3.63, 3.8) is 0 Å². The molecule has 0 aromatic heterocycles. The number of aliphatic hydroxyl groups is 1. The number of allylic oxidation sites excluding steroid dienone is 2. The van der Waals surface area contributed by atoms with Crippen molar-refractivity contribution in [2.45, 2.75) is 84.7 Å². The van der Waals surface area contributed by atoms with Crippen molar-refractivity contribution >= 4 is 5.97 Å². The Balaban J connectivity index is 1.53. The standard InChI is InChI=1S/C25H40O3/c1-16(5-10-23(27)28-4)20-8-9-21-19-7-6-17-15-18(26)11-13-24(17,2)22(19)12-14-25(20,21)3/h12,14,16-22,26H,5-11,13,15H2,1-4H3/t16-,17+,18+,19-,20-,21+,22-,24-,25+/m0/s1. The number of rotatable bonds is 4. The lowest BCUT2D eigenvalue weighted by molar-refractivity contribution is -0.141. The molecule has 4 aliphatic rings. The Morgan fingerprint density at radius 2 is 2.00 bits per heavy atom. The van der Waals surface area contributed by atoms with E-state index in [0.717, 1.165) is 31.1 Å². The van der Waals surface area contributed by atoms with Gasteiger partial charge in [0.1, 0.15) is 0 Å². The highest BCUT2D eigenvalue weighted by atomic mass is 16.5. The smallest absolute Gasteiger partial charge is 0.305 e. The first-order valence-corrected chi connectivity index (χ1v) is 11.7. The van der Waals surface area contributed by atoms with Crippen LogP contribution in [0.4, 0.5) is 0 Å². The number of hydrogen-bond donors (Lipinski definition) is 1. The van der Waals surface area contributed by atoms with Crippen LogP contribution in [0.5, 0.6) is 0 Å². The van der Waals surface area contributed by atoms with E-state index in [1.54, 1.807) is 0 Å². The maximum absolute atomic E-state index is 11.6. The average Bonchev–Trinajstić information content (AvgIpc) is 3.03. The first-order chi connectivity index (χ1) is 13.3. The summed E-state index contributed by atoms with van der Waals surface area (Å²) in [5.74, 6) is 4.16. The van der Waals surface area contributed by atoms with Crippen LogP contribution in [0.2, 0.25) is 0 Å². The van der Waals surface area contributed by atoms with Crippen LogP contribution >= 0.6 is 0 Å². The molecular formula is C25H40O3. The molecule has 3 heteroatoms. The molecule has 0 spiro atoms. The summed E-state index contributed by atoms with van der Waals surface area (Å²) < 4.78 is 4.86. The van der Waals surface area contributed by atoms with Gasteiger partial charge in [-0.25, -0.2) is 0 Å². The van der Waals surface area contributed by atoms with Gasteiger partial charge in [-0.05, 0) is 97.7 Å². The molecule has 0 aliphatic heterocycles. The van der Waals surface area contributed by atoms with Gasteiger partial charge in [-0.2, -0.15) is 0 Å². The van der Waals surface area contributed by atoms with Gasteiger partial charge in [-0.15, -0.1) is 0 Å². The number of carbonyl (C=O) groups is 1.